The van der Waals surface area contributed by atoms with E-state index in [9.17, 15) is 4.79 Å². The highest BCUT2D eigenvalue weighted by Crippen LogP contribution is 2.49. The first-order valence-corrected chi connectivity index (χ1v) is 8.89. The van der Waals surface area contributed by atoms with Crippen molar-refractivity contribution in [2.24, 2.45) is 0 Å². The molecular formula is C21H23NO7. The Morgan fingerprint density at radius 2 is 1.48 bits per heavy atom. The van der Waals surface area contributed by atoms with Crippen LogP contribution in [0.25, 0.3) is 11.0 Å². The van der Waals surface area contributed by atoms with Gasteiger partial charge in [-0.1, -0.05) is 6.07 Å². The zero-order valence-corrected chi connectivity index (χ0v) is 17.0. The van der Waals surface area contributed by atoms with E-state index in [-0.39, 0.29) is 33.6 Å². The molecule has 3 rings (SSSR count). The van der Waals surface area contributed by atoms with E-state index in [1.54, 1.807) is 19.4 Å². The molecule has 0 amide bonds. The molecule has 0 radical (unpaired) electrons. The summed E-state index contributed by atoms with van der Waals surface area (Å²) < 4.78 is 32.8. The van der Waals surface area contributed by atoms with Crippen molar-refractivity contribution in [2.45, 2.75) is 12.8 Å². The molecule has 0 N–H and O–H groups in total. The quantitative estimate of drug-likeness (QED) is 0.569. The van der Waals surface area contributed by atoms with E-state index < -0.39 is 0 Å². The average Bonchev–Trinajstić information content (AvgIpc) is 2.76. The summed E-state index contributed by atoms with van der Waals surface area (Å²) in [5, 5.41) is 0.233. The summed E-state index contributed by atoms with van der Waals surface area (Å²) >= 11 is 0. The first-order chi connectivity index (χ1) is 14.1. The van der Waals surface area contributed by atoms with Gasteiger partial charge in [-0.05, 0) is 12.0 Å². The summed E-state index contributed by atoms with van der Waals surface area (Å²) in [6.07, 6.45) is 2.87. The van der Waals surface area contributed by atoms with Crippen molar-refractivity contribution in [3.05, 3.63) is 45.9 Å². The number of aryl methyl sites for hydroxylation is 2. The number of rotatable bonds is 8. The minimum absolute atomic E-state index is 0.233. The molecule has 0 fully saturated rings. The van der Waals surface area contributed by atoms with Gasteiger partial charge in [-0.15, -0.1) is 0 Å². The SMILES string of the molecule is COc1ccc(CCc2cc(=O)c3c(OC)c(OC)c(OC)c(OC)c3o2)cn1. The van der Waals surface area contributed by atoms with Crippen molar-refractivity contribution in [3.8, 4) is 28.9 Å². The Hall–Kier alpha value is -3.42. The van der Waals surface area contributed by atoms with Crippen LogP contribution < -0.4 is 29.1 Å². The molecule has 2 aromatic heterocycles. The van der Waals surface area contributed by atoms with Crippen LogP contribution in [0.5, 0.6) is 28.9 Å². The number of aromatic nitrogens is 1. The summed E-state index contributed by atoms with van der Waals surface area (Å²) in [4.78, 5) is 17.1. The molecule has 0 atom stereocenters. The highest BCUT2D eigenvalue weighted by molar-refractivity contribution is 5.94. The van der Waals surface area contributed by atoms with Gasteiger partial charge in [0.05, 0.1) is 35.5 Å². The van der Waals surface area contributed by atoms with Crippen LogP contribution in [0.15, 0.2) is 33.6 Å². The lowest BCUT2D eigenvalue weighted by atomic mass is 10.1. The van der Waals surface area contributed by atoms with Crippen molar-refractivity contribution in [3.63, 3.8) is 0 Å². The number of hydrogen-bond donors (Lipinski definition) is 0. The van der Waals surface area contributed by atoms with E-state index in [1.165, 1.54) is 34.5 Å². The summed E-state index contributed by atoms with van der Waals surface area (Å²) in [5.74, 6) is 2.11. The number of benzene rings is 1. The zero-order chi connectivity index (χ0) is 21.0. The van der Waals surface area contributed by atoms with Gasteiger partial charge in [0, 0.05) is 24.8 Å². The van der Waals surface area contributed by atoms with E-state index in [0.29, 0.717) is 30.2 Å². The van der Waals surface area contributed by atoms with Gasteiger partial charge in [0.25, 0.3) is 0 Å². The van der Waals surface area contributed by atoms with E-state index in [0.717, 1.165) is 5.56 Å². The third-order valence-corrected chi connectivity index (χ3v) is 4.53. The molecule has 0 aliphatic heterocycles. The number of ether oxygens (including phenoxy) is 5. The Kier molecular flexibility index (Phi) is 6.11. The summed E-state index contributed by atoms with van der Waals surface area (Å²) in [5.41, 5.74) is 0.980. The lowest BCUT2D eigenvalue weighted by Gasteiger charge is -2.17. The number of hydrogen-bond acceptors (Lipinski definition) is 8. The standard InChI is InChI=1S/C21H23NO7/c1-24-15-9-7-12(11-22-15)6-8-13-10-14(23)16-17(25-2)19(26-3)21(28-5)20(27-4)18(16)29-13/h7,9-11H,6,8H2,1-5H3. The summed E-state index contributed by atoms with van der Waals surface area (Å²) in [7, 11) is 7.43. The van der Waals surface area contributed by atoms with Crippen LogP contribution in [0.4, 0.5) is 0 Å². The van der Waals surface area contributed by atoms with Gasteiger partial charge in [-0.25, -0.2) is 4.98 Å². The second-order valence-corrected chi connectivity index (χ2v) is 6.12. The van der Waals surface area contributed by atoms with E-state index in [4.69, 9.17) is 28.1 Å². The fourth-order valence-electron chi connectivity index (χ4n) is 3.16. The Morgan fingerprint density at radius 3 is 2.03 bits per heavy atom. The molecule has 8 nitrogen and oxygen atoms in total. The van der Waals surface area contributed by atoms with E-state index in [1.807, 2.05) is 6.07 Å². The maximum absolute atomic E-state index is 12.9. The van der Waals surface area contributed by atoms with Crippen molar-refractivity contribution >= 4 is 11.0 Å². The normalized spacial score (nSPS) is 10.7. The molecular weight excluding hydrogens is 378 g/mol. The van der Waals surface area contributed by atoms with Crippen molar-refractivity contribution in [1.82, 2.24) is 4.98 Å². The van der Waals surface area contributed by atoms with Gasteiger partial charge in [-0.2, -0.15) is 0 Å². The maximum Gasteiger partial charge on any atom is 0.212 e. The highest BCUT2D eigenvalue weighted by Gasteiger charge is 2.27. The number of nitrogens with zero attached hydrogens (tertiary/aromatic N) is 1. The number of methoxy groups -OCH3 is 5. The minimum atomic E-state index is -0.259. The third-order valence-electron chi connectivity index (χ3n) is 4.53. The molecule has 154 valence electrons. The van der Waals surface area contributed by atoms with Gasteiger partial charge < -0.3 is 28.1 Å². The average molecular weight is 401 g/mol. The second kappa shape index (κ2) is 8.72. The van der Waals surface area contributed by atoms with Gasteiger partial charge in [-0.3, -0.25) is 4.79 Å². The molecule has 0 aliphatic rings. The van der Waals surface area contributed by atoms with Crippen molar-refractivity contribution < 1.29 is 28.1 Å². The van der Waals surface area contributed by atoms with Crippen LogP contribution in [0.1, 0.15) is 11.3 Å². The zero-order valence-electron chi connectivity index (χ0n) is 17.0. The van der Waals surface area contributed by atoms with Gasteiger partial charge >= 0.3 is 0 Å². The summed E-state index contributed by atoms with van der Waals surface area (Å²) in [6, 6.07) is 5.16. The van der Waals surface area contributed by atoms with Gasteiger partial charge in [0.1, 0.15) is 11.1 Å². The van der Waals surface area contributed by atoms with Gasteiger partial charge in [0.2, 0.25) is 23.1 Å². The van der Waals surface area contributed by atoms with Crippen LogP contribution >= 0.6 is 0 Å². The molecule has 0 spiro atoms. The van der Waals surface area contributed by atoms with Crippen molar-refractivity contribution in [1.29, 1.82) is 0 Å². The van der Waals surface area contributed by atoms with E-state index >= 15 is 0 Å². The molecule has 2 heterocycles. The Morgan fingerprint density at radius 1 is 0.828 bits per heavy atom. The summed E-state index contributed by atoms with van der Waals surface area (Å²) in [6.45, 7) is 0. The molecule has 29 heavy (non-hydrogen) atoms. The second-order valence-electron chi connectivity index (χ2n) is 6.12. The maximum atomic E-state index is 12.9. The first kappa shape index (κ1) is 20.3. The molecule has 3 aromatic rings. The lowest BCUT2D eigenvalue weighted by molar-refractivity contribution is 0.306. The topological polar surface area (TPSA) is 89.3 Å². The highest BCUT2D eigenvalue weighted by atomic mass is 16.5. The number of fused-ring (bicyclic) bond motifs is 1. The number of pyridine rings is 1. The Bertz CT molecular complexity index is 1060. The van der Waals surface area contributed by atoms with Crippen LogP contribution in [-0.2, 0) is 12.8 Å². The molecule has 1 aromatic carbocycles. The molecule has 0 saturated heterocycles. The smallest absolute Gasteiger partial charge is 0.212 e. The monoisotopic (exact) mass is 401 g/mol. The Labute approximate surface area is 167 Å². The molecule has 0 aliphatic carbocycles. The fourth-order valence-corrected chi connectivity index (χ4v) is 3.16. The fraction of sp³-hybridized carbons (Fsp3) is 0.333. The largest absolute Gasteiger partial charge is 0.492 e. The lowest BCUT2D eigenvalue weighted by Crippen LogP contribution is -2.08. The predicted molar refractivity (Wildman–Crippen MR) is 107 cm³/mol. The first-order valence-electron chi connectivity index (χ1n) is 8.89. The van der Waals surface area contributed by atoms with E-state index in [2.05, 4.69) is 4.98 Å². The van der Waals surface area contributed by atoms with Crippen LogP contribution in [-0.4, -0.2) is 40.5 Å². The molecule has 0 unspecified atom stereocenters. The molecule has 8 heteroatoms. The van der Waals surface area contributed by atoms with Crippen LogP contribution in [0, 0.1) is 0 Å². The molecule has 0 saturated carbocycles. The Balaban J connectivity index is 2.08. The van der Waals surface area contributed by atoms with Crippen molar-refractivity contribution in [2.75, 3.05) is 35.5 Å². The predicted octanol–water partition coefficient (Wildman–Crippen LogP) is 3.02. The minimum Gasteiger partial charge on any atom is -0.492 e. The molecule has 0 bridgehead atoms. The third kappa shape index (κ3) is 3.78. The van der Waals surface area contributed by atoms with Crippen LogP contribution in [0.3, 0.4) is 0 Å². The van der Waals surface area contributed by atoms with Gasteiger partial charge in [0.15, 0.2) is 16.8 Å². The van der Waals surface area contributed by atoms with Crippen LogP contribution in [0.2, 0.25) is 0 Å².